The van der Waals surface area contributed by atoms with E-state index in [1.807, 2.05) is 0 Å². The average molecular weight is 299 g/mol. The lowest BCUT2D eigenvalue weighted by molar-refractivity contribution is -0.120. The van der Waals surface area contributed by atoms with Crippen molar-refractivity contribution in [3.8, 4) is 0 Å². The molecule has 0 aromatic heterocycles. The van der Waals surface area contributed by atoms with Crippen molar-refractivity contribution in [2.75, 3.05) is 25.5 Å². The van der Waals surface area contributed by atoms with Gasteiger partial charge >= 0.3 is 5.97 Å². The summed E-state index contributed by atoms with van der Waals surface area (Å²) in [5.74, 6) is -0.332. The first-order valence-corrected chi connectivity index (χ1v) is 6.40. The van der Waals surface area contributed by atoms with Gasteiger partial charge in [0.25, 0.3) is 0 Å². The Labute approximate surface area is 124 Å². The topological polar surface area (TPSA) is 67.4 Å². The molecule has 1 aromatic carbocycles. The minimum atomic E-state index is -0.380. The molecule has 1 fully saturated rings. The molecule has 1 saturated heterocycles. The number of anilines is 1. The first-order valence-electron chi connectivity index (χ1n) is 6.40. The monoisotopic (exact) mass is 298 g/mol. The SMILES string of the molecule is COC(=O)c1ccc(NC(=O)C2CCCNC2)cc1.Cl. The summed E-state index contributed by atoms with van der Waals surface area (Å²) in [4.78, 5) is 23.3. The van der Waals surface area contributed by atoms with E-state index in [4.69, 9.17) is 0 Å². The van der Waals surface area contributed by atoms with Crippen LogP contribution in [0.2, 0.25) is 0 Å². The Morgan fingerprint density at radius 2 is 2.00 bits per heavy atom. The van der Waals surface area contributed by atoms with E-state index < -0.39 is 0 Å². The van der Waals surface area contributed by atoms with Crippen molar-refractivity contribution < 1.29 is 14.3 Å². The normalized spacial score (nSPS) is 17.8. The summed E-state index contributed by atoms with van der Waals surface area (Å²) < 4.78 is 4.62. The van der Waals surface area contributed by atoms with Gasteiger partial charge in [-0.25, -0.2) is 4.79 Å². The molecule has 1 aromatic rings. The number of halogens is 1. The van der Waals surface area contributed by atoms with Crippen molar-refractivity contribution >= 4 is 30.0 Å². The molecule has 0 bridgehead atoms. The van der Waals surface area contributed by atoms with Crippen LogP contribution in [0.25, 0.3) is 0 Å². The highest BCUT2D eigenvalue weighted by molar-refractivity contribution is 5.94. The zero-order chi connectivity index (χ0) is 13.7. The Morgan fingerprint density at radius 3 is 2.55 bits per heavy atom. The van der Waals surface area contributed by atoms with Gasteiger partial charge in [0.15, 0.2) is 0 Å². The van der Waals surface area contributed by atoms with Crippen molar-refractivity contribution in [2.45, 2.75) is 12.8 Å². The summed E-state index contributed by atoms with van der Waals surface area (Å²) in [5.41, 5.74) is 1.17. The maximum atomic E-state index is 12.0. The summed E-state index contributed by atoms with van der Waals surface area (Å²) in [6, 6.07) is 6.70. The standard InChI is InChI=1S/C14H18N2O3.ClH/c1-19-14(18)10-4-6-12(7-5-10)16-13(17)11-3-2-8-15-9-11;/h4-7,11,15H,2-3,8-9H2,1H3,(H,16,17);1H. The van der Waals surface area contributed by atoms with Gasteiger partial charge in [0, 0.05) is 12.2 Å². The number of amides is 1. The molecule has 0 radical (unpaired) electrons. The fourth-order valence-electron chi connectivity index (χ4n) is 2.13. The highest BCUT2D eigenvalue weighted by atomic mass is 35.5. The maximum Gasteiger partial charge on any atom is 0.337 e. The molecule has 1 aliphatic heterocycles. The third kappa shape index (κ3) is 4.21. The summed E-state index contributed by atoms with van der Waals surface area (Å²) in [7, 11) is 1.34. The minimum Gasteiger partial charge on any atom is -0.465 e. The fourth-order valence-corrected chi connectivity index (χ4v) is 2.13. The molecule has 0 spiro atoms. The van der Waals surface area contributed by atoms with E-state index in [9.17, 15) is 9.59 Å². The lowest BCUT2D eigenvalue weighted by Gasteiger charge is -2.21. The zero-order valence-corrected chi connectivity index (χ0v) is 12.2. The van der Waals surface area contributed by atoms with Gasteiger partial charge < -0.3 is 15.4 Å². The van der Waals surface area contributed by atoms with Gasteiger partial charge in [-0.2, -0.15) is 0 Å². The van der Waals surface area contributed by atoms with Gasteiger partial charge in [0.05, 0.1) is 18.6 Å². The van der Waals surface area contributed by atoms with E-state index in [1.54, 1.807) is 24.3 Å². The van der Waals surface area contributed by atoms with Crippen molar-refractivity contribution in [3.63, 3.8) is 0 Å². The number of carbonyl (C=O) groups excluding carboxylic acids is 2. The Morgan fingerprint density at radius 1 is 1.30 bits per heavy atom. The molecule has 20 heavy (non-hydrogen) atoms. The Balaban J connectivity index is 0.00000200. The van der Waals surface area contributed by atoms with E-state index in [0.717, 1.165) is 25.9 Å². The van der Waals surface area contributed by atoms with Gasteiger partial charge in [-0.1, -0.05) is 0 Å². The zero-order valence-electron chi connectivity index (χ0n) is 11.3. The van der Waals surface area contributed by atoms with Gasteiger partial charge in [0.1, 0.15) is 0 Å². The first-order chi connectivity index (χ1) is 9.20. The molecule has 1 heterocycles. The van der Waals surface area contributed by atoms with Gasteiger partial charge in [-0.05, 0) is 43.7 Å². The van der Waals surface area contributed by atoms with Crippen LogP contribution < -0.4 is 10.6 Å². The number of ether oxygens (including phenoxy) is 1. The number of rotatable bonds is 3. The molecule has 1 aliphatic rings. The first kappa shape index (κ1) is 16.5. The molecule has 0 aliphatic carbocycles. The van der Waals surface area contributed by atoms with Gasteiger partial charge in [0.2, 0.25) is 5.91 Å². The fraction of sp³-hybridized carbons (Fsp3) is 0.429. The predicted molar refractivity (Wildman–Crippen MR) is 79.3 cm³/mol. The van der Waals surface area contributed by atoms with Crippen molar-refractivity contribution in [2.24, 2.45) is 5.92 Å². The van der Waals surface area contributed by atoms with Crippen LogP contribution in [0, 0.1) is 5.92 Å². The lowest BCUT2D eigenvalue weighted by atomic mass is 9.99. The number of esters is 1. The summed E-state index contributed by atoms with van der Waals surface area (Å²) in [6.07, 6.45) is 1.94. The van der Waals surface area contributed by atoms with Crippen molar-refractivity contribution in [1.29, 1.82) is 0 Å². The second kappa shape index (κ2) is 7.87. The number of carbonyl (C=O) groups is 2. The van der Waals surface area contributed by atoms with Crippen molar-refractivity contribution in [3.05, 3.63) is 29.8 Å². The van der Waals surface area contributed by atoms with Gasteiger partial charge in [-0.15, -0.1) is 12.4 Å². The molecular formula is C14H19ClN2O3. The van der Waals surface area contributed by atoms with Crippen LogP contribution in [0.3, 0.4) is 0 Å². The summed E-state index contributed by atoms with van der Waals surface area (Å²) >= 11 is 0. The molecular weight excluding hydrogens is 280 g/mol. The van der Waals surface area contributed by atoms with E-state index in [2.05, 4.69) is 15.4 Å². The third-order valence-corrected chi connectivity index (χ3v) is 3.24. The summed E-state index contributed by atoms with van der Waals surface area (Å²) in [6.45, 7) is 1.71. The second-order valence-electron chi connectivity index (χ2n) is 4.60. The van der Waals surface area contributed by atoms with Crippen LogP contribution in [0.4, 0.5) is 5.69 Å². The van der Waals surface area contributed by atoms with E-state index in [-0.39, 0.29) is 30.2 Å². The molecule has 0 saturated carbocycles. The number of benzene rings is 1. The van der Waals surface area contributed by atoms with Crippen LogP contribution in [0.15, 0.2) is 24.3 Å². The molecule has 2 N–H and O–H groups in total. The second-order valence-corrected chi connectivity index (χ2v) is 4.60. The number of hydrogen-bond acceptors (Lipinski definition) is 4. The van der Waals surface area contributed by atoms with Crippen LogP contribution in [-0.4, -0.2) is 32.1 Å². The van der Waals surface area contributed by atoms with Crippen LogP contribution in [-0.2, 0) is 9.53 Å². The Hall–Kier alpha value is -1.59. The van der Waals surface area contributed by atoms with E-state index >= 15 is 0 Å². The van der Waals surface area contributed by atoms with E-state index in [1.165, 1.54) is 7.11 Å². The highest BCUT2D eigenvalue weighted by Crippen LogP contribution is 2.15. The smallest absolute Gasteiger partial charge is 0.337 e. The van der Waals surface area contributed by atoms with E-state index in [0.29, 0.717) is 11.3 Å². The van der Waals surface area contributed by atoms with Crippen LogP contribution in [0.1, 0.15) is 23.2 Å². The largest absolute Gasteiger partial charge is 0.465 e. The van der Waals surface area contributed by atoms with Crippen LogP contribution >= 0.6 is 12.4 Å². The number of hydrogen-bond donors (Lipinski definition) is 2. The third-order valence-electron chi connectivity index (χ3n) is 3.24. The Bertz CT molecular complexity index is 456. The highest BCUT2D eigenvalue weighted by Gasteiger charge is 2.20. The molecule has 5 nitrogen and oxygen atoms in total. The van der Waals surface area contributed by atoms with Crippen LogP contribution in [0.5, 0.6) is 0 Å². The number of piperidine rings is 1. The predicted octanol–water partition coefficient (Wildman–Crippen LogP) is 1.83. The summed E-state index contributed by atoms with van der Waals surface area (Å²) in [5, 5.41) is 6.08. The molecule has 1 atom stereocenters. The molecule has 2 rings (SSSR count). The lowest BCUT2D eigenvalue weighted by Crippen LogP contribution is -2.37. The molecule has 1 unspecified atom stereocenters. The number of methoxy groups -OCH3 is 1. The number of nitrogens with one attached hydrogen (secondary N) is 2. The molecule has 1 amide bonds. The van der Waals surface area contributed by atoms with Crippen molar-refractivity contribution in [1.82, 2.24) is 5.32 Å². The molecule has 6 heteroatoms. The quantitative estimate of drug-likeness (QED) is 0.836. The minimum absolute atomic E-state index is 0. The molecule has 110 valence electrons. The Kier molecular flexibility index (Phi) is 6.48. The van der Waals surface area contributed by atoms with Gasteiger partial charge in [-0.3, -0.25) is 4.79 Å². The maximum absolute atomic E-state index is 12.0. The average Bonchev–Trinajstić information content (AvgIpc) is 2.48.